The molecule has 6 nitrogen and oxygen atoms in total. The normalized spacial score (nSPS) is 16.8. The molecule has 2 heterocycles. The second-order valence-electron chi connectivity index (χ2n) is 5.76. The van der Waals surface area contributed by atoms with Crippen LogP contribution in [0.15, 0.2) is 24.4 Å². The summed E-state index contributed by atoms with van der Waals surface area (Å²) in [7, 11) is 1.76. The molecule has 0 spiro atoms. The van der Waals surface area contributed by atoms with Crippen LogP contribution in [0, 0.1) is 17.1 Å². The first-order valence-electron chi connectivity index (χ1n) is 7.66. The van der Waals surface area contributed by atoms with Gasteiger partial charge in [0.1, 0.15) is 5.82 Å². The highest BCUT2D eigenvalue weighted by molar-refractivity contribution is 5.95. The molecule has 2 aromatic rings. The number of halogens is 1. The number of aromatic nitrogens is 2. The zero-order chi connectivity index (χ0) is 17.1. The monoisotopic (exact) mass is 328 g/mol. The van der Waals surface area contributed by atoms with Gasteiger partial charge in [0, 0.05) is 37.9 Å². The van der Waals surface area contributed by atoms with Gasteiger partial charge in [-0.25, -0.2) is 4.39 Å². The van der Waals surface area contributed by atoms with Crippen molar-refractivity contribution in [2.24, 2.45) is 7.05 Å². The first kappa shape index (κ1) is 16.1. The van der Waals surface area contributed by atoms with Crippen molar-refractivity contribution in [3.63, 3.8) is 0 Å². The lowest BCUT2D eigenvalue weighted by Gasteiger charge is -2.09. The van der Waals surface area contributed by atoms with Gasteiger partial charge in [-0.1, -0.05) is 0 Å². The summed E-state index contributed by atoms with van der Waals surface area (Å²) in [6.45, 7) is 1.22. The van der Waals surface area contributed by atoms with E-state index in [-0.39, 0.29) is 23.9 Å². The van der Waals surface area contributed by atoms with E-state index in [0.29, 0.717) is 30.0 Å². The Labute approximate surface area is 138 Å². The van der Waals surface area contributed by atoms with E-state index >= 15 is 0 Å². The van der Waals surface area contributed by atoms with E-state index in [0.717, 1.165) is 6.42 Å². The predicted molar refractivity (Wildman–Crippen MR) is 83.7 cm³/mol. The van der Waals surface area contributed by atoms with Crippen molar-refractivity contribution < 1.29 is 13.9 Å². The first-order chi connectivity index (χ1) is 11.6. The molecule has 1 aromatic heterocycles. The Morgan fingerprint density at radius 1 is 1.58 bits per heavy atom. The third-order valence-electron chi connectivity index (χ3n) is 4.03. The number of nitrogens with zero attached hydrogens (tertiary/aromatic N) is 3. The fourth-order valence-corrected chi connectivity index (χ4v) is 2.78. The number of nitriles is 1. The van der Waals surface area contributed by atoms with Crippen LogP contribution in [0.3, 0.4) is 0 Å². The maximum absolute atomic E-state index is 13.8. The molecule has 0 aliphatic carbocycles. The molecule has 0 bridgehead atoms. The minimum atomic E-state index is -0.454. The van der Waals surface area contributed by atoms with Gasteiger partial charge in [-0.15, -0.1) is 0 Å². The van der Waals surface area contributed by atoms with Crippen LogP contribution in [-0.4, -0.2) is 28.9 Å². The molecule has 0 saturated carbocycles. The standard InChI is InChI=1S/C17H17FN4O2/c1-22-9-14(16(21-22)12-4-5-24-10-12)17(23)20-8-13-6-11(7-19)2-3-15(13)18/h2-3,6,9,12H,4-5,8,10H2,1H3,(H,20,23)/t12-/m0/s1. The van der Waals surface area contributed by atoms with Gasteiger partial charge in [-0.05, 0) is 24.6 Å². The van der Waals surface area contributed by atoms with E-state index in [2.05, 4.69) is 10.4 Å². The van der Waals surface area contributed by atoms with Gasteiger partial charge in [0.05, 0.1) is 29.5 Å². The van der Waals surface area contributed by atoms with Gasteiger partial charge in [-0.2, -0.15) is 10.4 Å². The molecule has 1 aromatic carbocycles. The van der Waals surface area contributed by atoms with E-state index < -0.39 is 5.82 Å². The molecule has 1 N–H and O–H groups in total. The Hall–Kier alpha value is -2.72. The van der Waals surface area contributed by atoms with Crippen LogP contribution in [0.2, 0.25) is 0 Å². The van der Waals surface area contributed by atoms with E-state index in [4.69, 9.17) is 10.00 Å². The number of hydrogen-bond acceptors (Lipinski definition) is 4. The second kappa shape index (κ2) is 6.81. The summed E-state index contributed by atoms with van der Waals surface area (Å²) in [6.07, 6.45) is 2.49. The lowest BCUT2D eigenvalue weighted by Crippen LogP contribution is -2.24. The predicted octanol–water partition coefficient (Wildman–Crippen LogP) is 1.86. The summed E-state index contributed by atoms with van der Waals surface area (Å²) in [5.74, 6) is -0.665. The van der Waals surface area contributed by atoms with E-state index in [1.54, 1.807) is 17.9 Å². The fraction of sp³-hybridized carbons (Fsp3) is 0.353. The number of nitrogens with one attached hydrogen (secondary N) is 1. The Balaban J connectivity index is 1.75. The van der Waals surface area contributed by atoms with E-state index in [1.807, 2.05) is 6.07 Å². The average Bonchev–Trinajstić information content (AvgIpc) is 3.23. The van der Waals surface area contributed by atoms with E-state index in [9.17, 15) is 9.18 Å². The molecular formula is C17H17FN4O2. The summed E-state index contributed by atoms with van der Waals surface area (Å²) >= 11 is 0. The average molecular weight is 328 g/mol. The smallest absolute Gasteiger partial charge is 0.255 e. The Kier molecular flexibility index (Phi) is 4.58. The molecule has 3 rings (SSSR count). The highest BCUT2D eigenvalue weighted by Gasteiger charge is 2.26. The molecule has 1 amide bonds. The number of ether oxygens (including phenoxy) is 1. The fourth-order valence-electron chi connectivity index (χ4n) is 2.78. The molecule has 1 fully saturated rings. The SMILES string of the molecule is Cn1cc(C(=O)NCc2cc(C#N)ccc2F)c([C@H]2CCOC2)n1. The Morgan fingerprint density at radius 3 is 3.12 bits per heavy atom. The van der Waals surface area contributed by atoms with Gasteiger partial charge < -0.3 is 10.1 Å². The summed E-state index contributed by atoms with van der Waals surface area (Å²) < 4.78 is 20.8. The van der Waals surface area contributed by atoms with Crippen molar-refractivity contribution in [1.29, 1.82) is 5.26 Å². The van der Waals surface area contributed by atoms with Crippen molar-refractivity contribution in [3.8, 4) is 6.07 Å². The number of hydrogen-bond donors (Lipinski definition) is 1. The Morgan fingerprint density at radius 2 is 2.42 bits per heavy atom. The van der Waals surface area contributed by atoms with Crippen LogP contribution in [-0.2, 0) is 18.3 Å². The third kappa shape index (κ3) is 3.29. The molecule has 7 heteroatoms. The number of aryl methyl sites for hydroxylation is 1. The van der Waals surface area contributed by atoms with Gasteiger partial charge in [-0.3, -0.25) is 9.48 Å². The lowest BCUT2D eigenvalue weighted by molar-refractivity contribution is 0.0949. The van der Waals surface area contributed by atoms with Crippen molar-refractivity contribution in [1.82, 2.24) is 15.1 Å². The molecule has 1 aliphatic heterocycles. The quantitative estimate of drug-likeness (QED) is 0.929. The van der Waals surface area contributed by atoms with Crippen molar-refractivity contribution in [2.75, 3.05) is 13.2 Å². The van der Waals surface area contributed by atoms with Gasteiger partial charge in [0.2, 0.25) is 0 Å². The van der Waals surface area contributed by atoms with Gasteiger partial charge in [0.15, 0.2) is 0 Å². The number of benzene rings is 1. The van der Waals surface area contributed by atoms with Crippen molar-refractivity contribution >= 4 is 5.91 Å². The maximum Gasteiger partial charge on any atom is 0.255 e. The third-order valence-corrected chi connectivity index (χ3v) is 4.03. The van der Waals surface area contributed by atoms with Gasteiger partial charge >= 0.3 is 0 Å². The topological polar surface area (TPSA) is 79.9 Å². The van der Waals surface area contributed by atoms with Crippen LogP contribution >= 0.6 is 0 Å². The summed E-state index contributed by atoms with van der Waals surface area (Å²) in [4.78, 5) is 12.5. The maximum atomic E-state index is 13.8. The molecule has 0 unspecified atom stereocenters. The molecule has 1 aliphatic rings. The summed E-state index contributed by atoms with van der Waals surface area (Å²) in [5.41, 5.74) is 1.81. The lowest BCUT2D eigenvalue weighted by atomic mass is 10.0. The van der Waals surface area contributed by atoms with Crippen LogP contribution in [0.4, 0.5) is 4.39 Å². The molecule has 24 heavy (non-hydrogen) atoms. The summed E-state index contributed by atoms with van der Waals surface area (Å²) in [6, 6.07) is 6.02. The number of amides is 1. The van der Waals surface area contributed by atoms with Crippen molar-refractivity contribution in [2.45, 2.75) is 18.9 Å². The molecule has 124 valence electrons. The molecule has 0 radical (unpaired) electrons. The van der Waals surface area contributed by atoms with Crippen molar-refractivity contribution in [3.05, 3.63) is 52.6 Å². The highest BCUT2D eigenvalue weighted by atomic mass is 19.1. The zero-order valence-electron chi connectivity index (χ0n) is 13.3. The Bertz CT molecular complexity index is 803. The first-order valence-corrected chi connectivity index (χ1v) is 7.66. The minimum Gasteiger partial charge on any atom is -0.381 e. The van der Waals surface area contributed by atoms with Crippen LogP contribution in [0.1, 0.15) is 39.5 Å². The summed E-state index contributed by atoms with van der Waals surface area (Å²) in [5, 5.41) is 16.0. The number of carbonyl (C=O) groups is 1. The number of rotatable bonds is 4. The zero-order valence-corrected chi connectivity index (χ0v) is 13.3. The minimum absolute atomic E-state index is 0.00961. The van der Waals surface area contributed by atoms with Crippen LogP contribution < -0.4 is 5.32 Å². The van der Waals surface area contributed by atoms with Crippen LogP contribution in [0.25, 0.3) is 0 Å². The molecule has 1 saturated heterocycles. The second-order valence-corrected chi connectivity index (χ2v) is 5.76. The molecule has 1 atom stereocenters. The highest BCUT2D eigenvalue weighted by Crippen LogP contribution is 2.26. The molecular weight excluding hydrogens is 311 g/mol. The number of carbonyl (C=O) groups excluding carboxylic acids is 1. The van der Waals surface area contributed by atoms with E-state index in [1.165, 1.54) is 18.2 Å². The van der Waals surface area contributed by atoms with Crippen LogP contribution in [0.5, 0.6) is 0 Å². The largest absolute Gasteiger partial charge is 0.381 e. The van der Waals surface area contributed by atoms with Gasteiger partial charge in [0.25, 0.3) is 5.91 Å².